The van der Waals surface area contributed by atoms with Crippen LogP contribution in [0.15, 0.2) is 36.4 Å². The molecule has 0 aliphatic carbocycles. The molecule has 0 saturated heterocycles. The second-order valence-corrected chi connectivity index (χ2v) is 4.81. The van der Waals surface area contributed by atoms with Gasteiger partial charge in [0.2, 0.25) is 0 Å². The van der Waals surface area contributed by atoms with Crippen LogP contribution >= 0.6 is 0 Å². The number of hydrogen-bond acceptors (Lipinski definition) is 2. The fraction of sp³-hybridized carbons (Fsp3) is 0.400. The maximum Gasteiger partial charge on any atom is 0.153 e. The molecule has 0 fully saturated rings. The quantitative estimate of drug-likeness (QED) is 0.899. The van der Waals surface area contributed by atoms with Gasteiger partial charge in [-0.2, -0.15) is 5.10 Å². The monoisotopic (exact) mass is 261 g/mol. The molecule has 0 spiro atoms. The molecule has 0 bridgehead atoms. The molecular formula is C15H20FN3. The zero-order valence-corrected chi connectivity index (χ0v) is 11.4. The van der Waals surface area contributed by atoms with Gasteiger partial charge in [-0.05, 0) is 25.5 Å². The number of rotatable bonds is 5. The zero-order chi connectivity index (χ0) is 13.9. The molecule has 102 valence electrons. The summed E-state index contributed by atoms with van der Waals surface area (Å²) in [6.45, 7) is 4.62. The summed E-state index contributed by atoms with van der Waals surface area (Å²) in [4.78, 5) is 0. The van der Waals surface area contributed by atoms with Gasteiger partial charge in [0.1, 0.15) is 0 Å². The second kappa shape index (κ2) is 5.53. The molecule has 3 nitrogen and oxygen atoms in total. The summed E-state index contributed by atoms with van der Waals surface area (Å²) in [5.74, 6) is 0. The summed E-state index contributed by atoms with van der Waals surface area (Å²) >= 11 is 0. The molecule has 1 aromatic carbocycles. The average molecular weight is 261 g/mol. The van der Waals surface area contributed by atoms with E-state index in [4.69, 9.17) is 5.73 Å². The fourth-order valence-electron chi connectivity index (χ4n) is 2.33. The highest BCUT2D eigenvalue weighted by Crippen LogP contribution is 2.29. The number of benzene rings is 1. The highest BCUT2D eigenvalue weighted by molar-refractivity contribution is 5.26. The molecule has 2 rings (SSSR count). The van der Waals surface area contributed by atoms with Crippen molar-refractivity contribution in [2.24, 2.45) is 5.73 Å². The van der Waals surface area contributed by atoms with Crippen LogP contribution in [0.1, 0.15) is 23.9 Å². The van der Waals surface area contributed by atoms with Gasteiger partial charge in [-0.3, -0.25) is 4.68 Å². The van der Waals surface area contributed by atoms with Crippen LogP contribution in [0, 0.1) is 6.92 Å². The molecule has 19 heavy (non-hydrogen) atoms. The van der Waals surface area contributed by atoms with Gasteiger partial charge in [0.05, 0.1) is 5.69 Å². The zero-order valence-electron chi connectivity index (χ0n) is 11.4. The van der Waals surface area contributed by atoms with Gasteiger partial charge in [0, 0.05) is 25.2 Å². The van der Waals surface area contributed by atoms with Crippen molar-refractivity contribution in [3.05, 3.63) is 53.3 Å². The van der Waals surface area contributed by atoms with Crippen molar-refractivity contribution < 1.29 is 4.39 Å². The van der Waals surface area contributed by atoms with E-state index in [1.165, 1.54) is 0 Å². The van der Waals surface area contributed by atoms with Gasteiger partial charge < -0.3 is 5.73 Å². The summed E-state index contributed by atoms with van der Waals surface area (Å²) in [6.07, 6.45) is 0.252. The molecule has 0 aliphatic rings. The number of halogens is 1. The first-order valence-electron chi connectivity index (χ1n) is 6.57. The lowest BCUT2D eigenvalue weighted by Gasteiger charge is -2.24. The Balaban J connectivity index is 2.33. The Kier molecular flexibility index (Phi) is 4.00. The first kappa shape index (κ1) is 13.7. The van der Waals surface area contributed by atoms with E-state index in [1.54, 1.807) is 12.1 Å². The summed E-state index contributed by atoms with van der Waals surface area (Å²) in [6, 6.07) is 11.0. The summed E-state index contributed by atoms with van der Waals surface area (Å²) in [5, 5.41) is 4.35. The third-order valence-corrected chi connectivity index (χ3v) is 3.36. The third kappa shape index (κ3) is 2.84. The largest absolute Gasteiger partial charge is 0.327 e. The predicted molar refractivity (Wildman–Crippen MR) is 74.6 cm³/mol. The van der Waals surface area contributed by atoms with Gasteiger partial charge in [-0.25, -0.2) is 4.39 Å². The van der Waals surface area contributed by atoms with Crippen molar-refractivity contribution in [3.8, 4) is 0 Å². The topological polar surface area (TPSA) is 43.8 Å². The Morgan fingerprint density at radius 2 is 2.00 bits per heavy atom. The number of alkyl halides is 1. The Morgan fingerprint density at radius 1 is 1.32 bits per heavy atom. The van der Waals surface area contributed by atoms with E-state index < -0.39 is 5.67 Å². The van der Waals surface area contributed by atoms with Crippen molar-refractivity contribution in [1.29, 1.82) is 0 Å². The van der Waals surface area contributed by atoms with Crippen LogP contribution in [-0.2, 0) is 18.6 Å². The predicted octanol–water partition coefficient (Wildman–Crippen LogP) is 2.58. The van der Waals surface area contributed by atoms with Crippen LogP contribution in [0.5, 0.6) is 0 Å². The number of aryl methyl sites for hydroxylation is 2. The lowest BCUT2D eigenvalue weighted by Crippen LogP contribution is -2.33. The maximum absolute atomic E-state index is 15.1. The Bertz CT molecular complexity index is 536. The SMILES string of the molecule is CCn1nc(C)cc1CC(F)(CN)c1ccccc1. The number of hydrogen-bond donors (Lipinski definition) is 1. The Hall–Kier alpha value is -1.68. The molecule has 0 amide bonds. The van der Waals surface area contributed by atoms with Gasteiger partial charge in [-0.1, -0.05) is 30.3 Å². The first-order chi connectivity index (χ1) is 9.09. The number of nitrogens with zero attached hydrogens (tertiary/aromatic N) is 2. The minimum atomic E-state index is -1.54. The van der Waals surface area contributed by atoms with Crippen LogP contribution in [0.3, 0.4) is 0 Å². The lowest BCUT2D eigenvalue weighted by atomic mass is 9.91. The van der Waals surface area contributed by atoms with Crippen molar-refractivity contribution in [2.75, 3.05) is 6.54 Å². The molecule has 0 saturated carbocycles. The number of nitrogens with two attached hydrogens (primary N) is 1. The van der Waals surface area contributed by atoms with Gasteiger partial charge in [0.15, 0.2) is 5.67 Å². The van der Waals surface area contributed by atoms with Crippen LogP contribution in [0.25, 0.3) is 0 Å². The smallest absolute Gasteiger partial charge is 0.153 e. The van der Waals surface area contributed by atoms with E-state index in [1.807, 2.05) is 42.8 Å². The van der Waals surface area contributed by atoms with Crippen molar-refractivity contribution in [2.45, 2.75) is 32.5 Å². The van der Waals surface area contributed by atoms with Crippen LogP contribution in [0.2, 0.25) is 0 Å². The summed E-state index contributed by atoms with van der Waals surface area (Å²) in [7, 11) is 0. The standard InChI is InChI=1S/C15H20FN3/c1-3-19-14(9-12(2)18-19)10-15(16,11-17)13-7-5-4-6-8-13/h4-9H,3,10-11,17H2,1-2H3. The van der Waals surface area contributed by atoms with E-state index in [0.717, 1.165) is 17.9 Å². The van der Waals surface area contributed by atoms with E-state index in [2.05, 4.69) is 5.10 Å². The van der Waals surface area contributed by atoms with Crippen molar-refractivity contribution in [3.63, 3.8) is 0 Å². The van der Waals surface area contributed by atoms with Crippen LogP contribution in [-0.4, -0.2) is 16.3 Å². The van der Waals surface area contributed by atoms with Crippen molar-refractivity contribution in [1.82, 2.24) is 9.78 Å². The Labute approximate surface area is 113 Å². The average Bonchev–Trinajstić information content (AvgIpc) is 2.79. The molecule has 1 unspecified atom stereocenters. The van der Waals surface area contributed by atoms with E-state index in [-0.39, 0.29) is 13.0 Å². The van der Waals surface area contributed by atoms with Crippen LogP contribution < -0.4 is 5.73 Å². The lowest BCUT2D eigenvalue weighted by molar-refractivity contribution is 0.171. The summed E-state index contributed by atoms with van der Waals surface area (Å²) in [5.41, 5.74) is 6.56. The molecule has 2 aromatic rings. The molecule has 0 radical (unpaired) electrons. The molecule has 0 aliphatic heterocycles. The second-order valence-electron chi connectivity index (χ2n) is 4.81. The van der Waals surface area contributed by atoms with Gasteiger partial charge in [0.25, 0.3) is 0 Å². The molecule has 2 N–H and O–H groups in total. The fourth-order valence-corrected chi connectivity index (χ4v) is 2.33. The molecule has 1 aromatic heterocycles. The van der Waals surface area contributed by atoms with Crippen molar-refractivity contribution >= 4 is 0 Å². The normalized spacial score (nSPS) is 14.3. The highest BCUT2D eigenvalue weighted by atomic mass is 19.1. The minimum absolute atomic E-state index is 0.0368. The third-order valence-electron chi connectivity index (χ3n) is 3.36. The van der Waals surface area contributed by atoms with Gasteiger partial charge in [-0.15, -0.1) is 0 Å². The summed E-state index contributed by atoms with van der Waals surface area (Å²) < 4.78 is 16.9. The Morgan fingerprint density at radius 3 is 2.58 bits per heavy atom. The minimum Gasteiger partial charge on any atom is -0.327 e. The maximum atomic E-state index is 15.1. The number of aromatic nitrogens is 2. The molecule has 1 heterocycles. The van der Waals surface area contributed by atoms with Crippen LogP contribution in [0.4, 0.5) is 4.39 Å². The van der Waals surface area contributed by atoms with Gasteiger partial charge >= 0.3 is 0 Å². The molecule has 4 heteroatoms. The first-order valence-corrected chi connectivity index (χ1v) is 6.57. The van der Waals surface area contributed by atoms with E-state index in [9.17, 15) is 0 Å². The highest BCUT2D eigenvalue weighted by Gasteiger charge is 2.32. The molecule has 1 atom stereocenters. The molecular weight excluding hydrogens is 241 g/mol. The van der Waals surface area contributed by atoms with E-state index >= 15 is 4.39 Å². The van der Waals surface area contributed by atoms with E-state index in [0.29, 0.717) is 5.56 Å².